The van der Waals surface area contributed by atoms with Gasteiger partial charge in [-0.2, -0.15) is 0 Å². The largest absolute Gasteiger partial charge is 0.481 e. The Hall–Kier alpha value is -1.26. The summed E-state index contributed by atoms with van der Waals surface area (Å²) in [4.78, 5) is 23.1. The average Bonchev–Trinajstić information content (AvgIpc) is 2.53. The lowest BCUT2D eigenvalue weighted by Gasteiger charge is -2.25. The molecule has 1 fully saturated rings. The number of hydrogen-bond acceptors (Lipinski definition) is 3. The Morgan fingerprint density at radius 2 is 2.00 bits per heavy atom. The molecule has 0 aromatic carbocycles. The summed E-state index contributed by atoms with van der Waals surface area (Å²) in [7, 11) is 0. The highest BCUT2D eigenvalue weighted by Gasteiger charge is 2.48. The van der Waals surface area contributed by atoms with Gasteiger partial charge in [-0.3, -0.25) is 4.79 Å². The molecule has 110 valence electrons. The van der Waals surface area contributed by atoms with Gasteiger partial charge in [0.1, 0.15) is 5.60 Å². The summed E-state index contributed by atoms with van der Waals surface area (Å²) >= 11 is 0. The maximum absolute atomic E-state index is 11.7. The summed E-state index contributed by atoms with van der Waals surface area (Å²) in [6.07, 6.45) is 1.48. The predicted octanol–water partition coefficient (Wildman–Crippen LogP) is 2.79. The number of hydrogen-bond donors (Lipinski definition) is 2. The number of ether oxygens (including phenoxy) is 1. The highest BCUT2D eigenvalue weighted by atomic mass is 16.6. The SMILES string of the molecule is CC[C@H]1CC(NC(=O)OC(C)(C)C)C[C@]1(C)C(=O)O. The van der Waals surface area contributed by atoms with Crippen LogP contribution in [0.4, 0.5) is 4.79 Å². The zero-order valence-corrected chi connectivity index (χ0v) is 12.4. The van der Waals surface area contributed by atoms with Crippen LogP contribution in [-0.4, -0.2) is 28.8 Å². The second-order valence-corrected chi connectivity index (χ2v) is 6.61. The summed E-state index contributed by atoms with van der Waals surface area (Å²) in [5, 5.41) is 12.2. The van der Waals surface area contributed by atoms with E-state index in [4.69, 9.17) is 4.74 Å². The van der Waals surface area contributed by atoms with Crippen LogP contribution in [0.1, 0.15) is 53.9 Å². The first-order valence-corrected chi connectivity index (χ1v) is 6.81. The van der Waals surface area contributed by atoms with Crippen LogP contribution in [0.2, 0.25) is 0 Å². The number of rotatable bonds is 3. The quantitative estimate of drug-likeness (QED) is 0.827. The Balaban J connectivity index is 2.64. The van der Waals surface area contributed by atoms with E-state index in [0.717, 1.165) is 6.42 Å². The minimum Gasteiger partial charge on any atom is -0.481 e. The minimum atomic E-state index is -0.784. The molecule has 3 atom stereocenters. The van der Waals surface area contributed by atoms with Crippen molar-refractivity contribution >= 4 is 12.1 Å². The first kappa shape index (κ1) is 15.8. The van der Waals surface area contributed by atoms with Crippen LogP contribution in [0.15, 0.2) is 0 Å². The number of nitrogens with one attached hydrogen (secondary N) is 1. The van der Waals surface area contributed by atoms with E-state index in [-0.39, 0.29) is 12.0 Å². The fourth-order valence-corrected chi connectivity index (χ4v) is 2.83. The highest BCUT2D eigenvalue weighted by Crippen LogP contribution is 2.45. The molecule has 1 amide bonds. The summed E-state index contributed by atoms with van der Waals surface area (Å²) < 4.78 is 5.20. The lowest BCUT2D eigenvalue weighted by atomic mass is 9.78. The molecule has 0 radical (unpaired) electrons. The lowest BCUT2D eigenvalue weighted by molar-refractivity contribution is -0.150. The van der Waals surface area contributed by atoms with E-state index in [2.05, 4.69) is 5.32 Å². The summed E-state index contributed by atoms with van der Waals surface area (Å²) in [6.45, 7) is 9.16. The van der Waals surface area contributed by atoms with Gasteiger partial charge < -0.3 is 15.2 Å². The predicted molar refractivity (Wildman–Crippen MR) is 71.9 cm³/mol. The molecule has 1 aliphatic rings. The molecule has 0 bridgehead atoms. The van der Waals surface area contributed by atoms with Crippen LogP contribution in [0.3, 0.4) is 0 Å². The lowest BCUT2D eigenvalue weighted by Crippen LogP contribution is -2.39. The maximum atomic E-state index is 11.7. The summed E-state index contributed by atoms with van der Waals surface area (Å²) in [5.41, 5.74) is -1.29. The molecule has 1 rings (SSSR count). The van der Waals surface area contributed by atoms with Crippen molar-refractivity contribution in [2.24, 2.45) is 11.3 Å². The smallest absolute Gasteiger partial charge is 0.407 e. The molecule has 0 saturated heterocycles. The third kappa shape index (κ3) is 3.85. The van der Waals surface area contributed by atoms with Crippen molar-refractivity contribution < 1.29 is 19.4 Å². The number of carboxylic acid groups (broad SMARTS) is 1. The molecular weight excluding hydrogens is 246 g/mol. The number of carbonyl (C=O) groups excluding carboxylic acids is 1. The maximum Gasteiger partial charge on any atom is 0.407 e. The number of alkyl carbamates (subject to hydrolysis) is 1. The second-order valence-electron chi connectivity index (χ2n) is 6.61. The fourth-order valence-electron chi connectivity index (χ4n) is 2.83. The molecule has 0 aromatic rings. The van der Waals surface area contributed by atoms with E-state index in [0.29, 0.717) is 12.8 Å². The van der Waals surface area contributed by atoms with Crippen LogP contribution < -0.4 is 5.32 Å². The van der Waals surface area contributed by atoms with Crippen LogP contribution in [0, 0.1) is 11.3 Å². The van der Waals surface area contributed by atoms with Gasteiger partial charge in [-0.05, 0) is 46.5 Å². The molecule has 0 spiro atoms. The number of aliphatic carboxylic acids is 1. The van der Waals surface area contributed by atoms with E-state index in [1.807, 2.05) is 6.92 Å². The average molecular weight is 271 g/mol. The molecule has 1 saturated carbocycles. The number of carboxylic acids is 1. The molecule has 1 unspecified atom stereocenters. The molecule has 0 aromatic heterocycles. The Kier molecular flexibility index (Phi) is 4.48. The van der Waals surface area contributed by atoms with Crippen molar-refractivity contribution in [3.63, 3.8) is 0 Å². The summed E-state index contributed by atoms with van der Waals surface area (Å²) in [5.74, 6) is -0.697. The van der Waals surface area contributed by atoms with Crippen molar-refractivity contribution in [1.82, 2.24) is 5.32 Å². The second kappa shape index (κ2) is 5.39. The summed E-state index contributed by atoms with van der Waals surface area (Å²) in [6, 6.07) is -0.124. The molecule has 2 N–H and O–H groups in total. The standard InChI is InChI=1S/C14H25NO4/c1-6-9-7-10(8-14(9,5)11(16)17)15-12(18)19-13(2,3)4/h9-10H,6-8H2,1-5H3,(H,15,18)(H,16,17)/t9-,10?,14-/m0/s1. The molecule has 1 aliphatic carbocycles. The van der Waals surface area contributed by atoms with Gasteiger partial charge in [0.25, 0.3) is 0 Å². The van der Waals surface area contributed by atoms with Gasteiger partial charge in [0.05, 0.1) is 5.41 Å². The first-order chi connectivity index (χ1) is 8.58. The molecule has 0 aliphatic heterocycles. The highest BCUT2D eigenvalue weighted by molar-refractivity contribution is 5.75. The van der Waals surface area contributed by atoms with Crippen LogP contribution in [0.25, 0.3) is 0 Å². The first-order valence-electron chi connectivity index (χ1n) is 6.81. The van der Waals surface area contributed by atoms with Gasteiger partial charge in [-0.25, -0.2) is 4.79 Å². The molecule has 5 nitrogen and oxygen atoms in total. The van der Waals surface area contributed by atoms with Gasteiger partial charge in [0.2, 0.25) is 0 Å². The Morgan fingerprint density at radius 1 is 1.42 bits per heavy atom. The Bertz CT molecular complexity index is 361. The van der Waals surface area contributed by atoms with Crippen molar-refractivity contribution in [2.75, 3.05) is 0 Å². The number of amides is 1. The number of carbonyl (C=O) groups is 2. The third-order valence-electron chi connectivity index (χ3n) is 3.84. The van der Waals surface area contributed by atoms with Crippen molar-refractivity contribution in [3.8, 4) is 0 Å². The third-order valence-corrected chi connectivity index (χ3v) is 3.84. The van der Waals surface area contributed by atoms with Crippen LogP contribution >= 0.6 is 0 Å². The van der Waals surface area contributed by atoms with E-state index in [9.17, 15) is 14.7 Å². The molecular formula is C14H25NO4. The van der Waals surface area contributed by atoms with E-state index in [1.165, 1.54) is 0 Å². The molecule has 5 heteroatoms. The van der Waals surface area contributed by atoms with Crippen LogP contribution in [-0.2, 0) is 9.53 Å². The van der Waals surface area contributed by atoms with Crippen molar-refractivity contribution in [3.05, 3.63) is 0 Å². The van der Waals surface area contributed by atoms with Gasteiger partial charge in [0.15, 0.2) is 0 Å². The fraction of sp³-hybridized carbons (Fsp3) is 0.857. The van der Waals surface area contributed by atoms with Gasteiger partial charge in [-0.1, -0.05) is 13.3 Å². The molecule has 19 heavy (non-hydrogen) atoms. The van der Waals surface area contributed by atoms with Crippen molar-refractivity contribution in [1.29, 1.82) is 0 Å². The Labute approximate surface area is 114 Å². The topological polar surface area (TPSA) is 75.6 Å². The van der Waals surface area contributed by atoms with Crippen LogP contribution in [0.5, 0.6) is 0 Å². The van der Waals surface area contributed by atoms with E-state index in [1.54, 1.807) is 27.7 Å². The minimum absolute atomic E-state index is 0.0879. The van der Waals surface area contributed by atoms with Gasteiger partial charge in [0, 0.05) is 6.04 Å². The van der Waals surface area contributed by atoms with E-state index < -0.39 is 23.1 Å². The zero-order chi connectivity index (χ0) is 14.8. The monoisotopic (exact) mass is 271 g/mol. The van der Waals surface area contributed by atoms with Gasteiger partial charge in [-0.15, -0.1) is 0 Å². The van der Waals surface area contributed by atoms with Crippen molar-refractivity contribution in [2.45, 2.75) is 65.5 Å². The van der Waals surface area contributed by atoms with Gasteiger partial charge >= 0.3 is 12.1 Å². The van der Waals surface area contributed by atoms with E-state index >= 15 is 0 Å². The normalized spacial score (nSPS) is 31.0. The Morgan fingerprint density at radius 3 is 2.37 bits per heavy atom. The molecule has 0 heterocycles. The zero-order valence-electron chi connectivity index (χ0n) is 12.4.